The number of carbonyl (C=O) groups is 1. The average Bonchev–Trinajstić information content (AvgIpc) is 3.08. The maximum atomic E-state index is 12.1. The zero-order valence-electron chi connectivity index (χ0n) is 11.0. The predicted octanol–water partition coefficient (Wildman–Crippen LogP) is 3.03. The van der Waals surface area contributed by atoms with Crippen LogP contribution in [0.1, 0.15) is 19.3 Å². The fraction of sp³-hybridized carbons (Fsp3) is 0.533. The van der Waals surface area contributed by atoms with Crippen LogP contribution in [0.15, 0.2) is 24.3 Å². The highest BCUT2D eigenvalue weighted by Crippen LogP contribution is 2.30. The second-order valence-electron chi connectivity index (χ2n) is 5.44. The van der Waals surface area contributed by atoms with E-state index in [1.165, 1.54) is 18.5 Å². The van der Waals surface area contributed by atoms with Crippen LogP contribution < -0.4 is 9.80 Å². The van der Waals surface area contributed by atoms with Crippen LogP contribution in [0, 0.1) is 5.92 Å². The Morgan fingerprint density at radius 3 is 2.63 bits per heavy atom. The van der Waals surface area contributed by atoms with Crippen molar-refractivity contribution in [3.8, 4) is 0 Å². The second-order valence-corrected chi connectivity index (χ2v) is 6.09. The van der Waals surface area contributed by atoms with Crippen LogP contribution in [0.25, 0.3) is 0 Å². The Morgan fingerprint density at radius 1 is 1.21 bits per heavy atom. The van der Waals surface area contributed by atoms with Gasteiger partial charge in [-0.05, 0) is 37.0 Å². The molecule has 0 aromatic heterocycles. The van der Waals surface area contributed by atoms with Gasteiger partial charge in [0.25, 0.3) is 0 Å². The minimum absolute atomic E-state index is 0.253. The Morgan fingerprint density at radius 2 is 1.95 bits per heavy atom. The molecule has 0 bridgehead atoms. The van der Waals surface area contributed by atoms with Crippen molar-refractivity contribution < 1.29 is 4.79 Å². The van der Waals surface area contributed by atoms with Gasteiger partial charge in [0.2, 0.25) is 5.91 Å². The lowest BCUT2D eigenvalue weighted by molar-refractivity contribution is -0.117. The third-order valence-corrected chi connectivity index (χ3v) is 4.95. The first-order valence-electron chi connectivity index (χ1n) is 6.99. The molecule has 1 aromatic rings. The van der Waals surface area contributed by atoms with Gasteiger partial charge in [0, 0.05) is 42.8 Å². The molecule has 1 unspecified atom stereocenters. The van der Waals surface area contributed by atoms with Gasteiger partial charge >= 0.3 is 0 Å². The molecule has 2 fully saturated rings. The summed E-state index contributed by atoms with van der Waals surface area (Å²) in [7, 11) is 0. The summed E-state index contributed by atoms with van der Waals surface area (Å²) >= 11 is 3.48. The Labute approximate surface area is 122 Å². The molecule has 2 aliphatic heterocycles. The van der Waals surface area contributed by atoms with Crippen LogP contribution in [0.4, 0.5) is 11.4 Å². The molecule has 1 atom stereocenters. The van der Waals surface area contributed by atoms with E-state index >= 15 is 0 Å². The van der Waals surface area contributed by atoms with Crippen molar-refractivity contribution in [3.63, 3.8) is 0 Å². The second kappa shape index (κ2) is 5.53. The van der Waals surface area contributed by atoms with Gasteiger partial charge in [0.1, 0.15) is 0 Å². The van der Waals surface area contributed by atoms with E-state index in [1.807, 2.05) is 11.0 Å². The Balaban J connectivity index is 1.81. The first kappa shape index (κ1) is 13.0. The van der Waals surface area contributed by atoms with E-state index in [-0.39, 0.29) is 5.91 Å². The van der Waals surface area contributed by atoms with Crippen molar-refractivity contribution in [1.29, 1.82) is 0 Å². The first-order valence-corrected chi connectivity index (χ1v) is 8.11. The first-order chi connectivity index (χ1) is 9.28. The summed E-state index contributed by atoms with van der Waals surface area (Å²) in [6, 6.07) is 8.43. The predicted molar refractivity (Wildman–Crippen MR) is 82.1 cm³/mol. The van der Waals surface area contributed by atoms with Gasteiger partial charge in [0.05, 0.1) is 0 Å². The molecular formula is C15H19BrN2O. The quantitative estimate of drug-likeness (QED) is 0.798. The Hall–Kier alpha value is -1.03. The standard InChI is InChI=1S/C15H19BrN2O/c16-10-12-8-15(19)18(11-12)14-5-3-4-13(9-14)17-6-1-2-7-17/h3-5,9,12H,1-2,6-8,10-11H2. The van der Waals surface area contributed by atoms with Crippen LogP contribution in [0.2, 0.25) is 0 Å². The number of amides is 1. The molecule has 1 aromatic carbocycles. The van der Waals surface area contributed by atoms with Crippen LogP contribution >= 0.6 is 15.9 Å². The van der Waals surface area contributed by atoms with E-state index < -0.39 is 0 Å². The summed E-state index contributed by atoms with van der Waals surface area (Å²) in [5, 5.41) is 0.904. The van der Waals surface area contributed by atoms with Gasteiger partial charge in [-0.2, -0.15) is 0 Å². The molecule has 19 heavy (non-hydrogen) atoms. The number of alkyl halides is 1. The highest BCUT2D eigenvalue weighted by molar-refractivity contribution is 9.09. The molecule has 2 heterocycles. The van der Waals surface area contributed by atoms with Crippen LogP contribution in [-0.4, -0.2) is 30.9 Å². The smallest absolute Gasteiger partial charge is 0.227 e. The molecule has 0 radical (unpaired) electrons. The molecule has 0 saturated carbocycles. The van der Waals surface area contributed by atoms with Gasteiger partial charge in [-0.3, -0.25) is 4.79 Å². The maximum Gasteiger partial charge on any atom is 0.227 e. The lowest BCUT2D eigenvalue weighted by atomic mass is 10.2. The maximum absolute atomic E-state index is 12.1. The molecule has 4 heteroatoms. The highest BCUT2D eigenvalue weighted by Gasteiger charge is 2.30. The number of hydrogen-bond donors (Lipinski definition) is 0. The summed E-state index contributed by atoms with van der Waals surface area (Å²) in [5.41, 5.74) is 2.31. The Kier molecular flexibility index (Phi) is 3.78. The van der Waals surface area contributed by atoms with E-state index in [4.69, 9.17) is 0 Å². The van der Waals surface area contributed by atoms with Crippen molar-refractivity contribution in [1.82, 2.24) is 0 Å². The fourth-order valence-corrected chi connectivity index (χ4v) is 3.40. The van der Waals surface area contributed by atoms with Crippen molar-refractivity contribution >= 4 is 33.2 Å². The number of halogens is 1. The monoisotopic (exact) mass is 322 g/mol. The van der Waals surface area contributed by atoms with Crippen molar-refractivity contribution in [2.75, 3.05) is 34.8 Å². The van der Waals surface area contributed by atoms with Gasteiger partial charge in [-0.25, -0.2) is 0 Å². The summed E-state index contributed by atoms with van der Waals surface area (Å²) in [4.78, 5) is 16.4. The molecule has 0 spiro atoms. The third kappa shape index (κ3) is 2.64. The van der Waals surface area contributed by atoms with E-state index in [1.54, 1.807) is 0 Å². The Bertz CT molecular complexity index is 471. The van der Waals surface area contributed by atoms with Crippen molar-refractivity contribution in [2.24, 2.45) is 5.92 Å². The third-order valence-electron chi connectivity index (χ3n) is 4.04. The summed E-state index contributed by atoms with van der Waals surface area (Å²) in [6.07, 6.45) is 3.22. The number of anilines is 2. The zero-order chi connectivity index (χ0) is 13.2. The van der Waals surface area contributed by atoms with Crippen LogP contribution in [0.3, 0.4) is 0 Å². The van der Waals surface area contributed by atoms with E-state index in [9.17, 15) is 4.79 Å². The molecule has 3 nitrogen and oxygen atoms in total. The molecule has 0 N–H and O–H groups in total. The van der Waals surface area contributed by atoms with Gasteiger partial charge in [0.15, 0.2) is 0 Å². The molecule has 102 valence electrons. The number of nitrogens with zero attached hydrogens (tertiary/aromatic N) is 2. The minimum Gasteiger partial charge on any atom is -0.371 e. The average molecular weight is 323 g/mol. The van der Waals surface area contributed by atoms with E-state index in [0.717, 1.165) is 30.7 Å². The van der Waals surface area contributed by atoms with Crippen molar-refractivity contribution in [2.45, 2.75) is 19.3 Å². The molecule has 2 aliphatic rings. The topological polar surface area (TPSA) is 23.6 Å². The summed E-state index contributed by atoms with van der Waals surface area (Å²) in [5.74, 6) is 0.700. The highest BCUT2D eigenvalue weighted by atomic mass is 79.9. The summed E-state index contributed by atoms with van der Waals surface area (Å²) < 4.78 is 0. The molecule has 1 amide bonds. The zero-order valence-corrected chi connectivity index (χ0v) is 12.6. The number of hydrogen-bond acceptors (Lipinski definition) is 2. The number of carbonyl (C=O) groups excluding carboxylic acids is 1. The summed E-state index contributed by atoms with van der Waals surface area (Å²) in [6.45, 7) is 3.12. The van der Waals surface area contributed by atoms with Gasteiger partial charge in [-0.1, -0.05) is 22.0 Å². The molecular weight excluding hydrogens is 304 g/mol. The molecule has 0 aliphatic carbocycles. The largest absolute Gasteiger partial charge is 0.371 e. The van der Waals surface area contributed by atoms with Crippen LogP contribution in [-0.2, 0) is 4.79 Å². The van der Waals surface area contributed by atoms with Gasteiger partial charge < -0.3 is 9.80 Å². The number of benzene rings is 1. The van der Waals surface area contributed by atoms with Crippen molar-refractivity contribution in [3.05, 3.63) is 24.3 Å². The van der Waals surface area contributed by atoms with E-state index in [0.29, 0.717) is 12.3 Å². The van der Waals surface area contributed by atoms with E-state index in [2.05, 4.69) is 39.0 Å². The lowest BCUT2D eigenvalue weighted by Gasteiger charge is -2.22. The van der Waals surface area contributed by atoms with Crippen LogP contribution in [0.5, 0.6) is 0 Å². The molecule has 2 saturated heterocycles. The normalized spacial score (nSPS) is 23.4. The molecule has 3 rings (SSSR count). The fourth-order valence-electron chi connectivity index (χ4n) is 2.97. The minimum atomic E-state index is 0.253. The number of rotatable bonds is 3. The lowest BCUT2D eigenvalue weighted by Crippen LogP contribution is -2.25. The van der Waals surface area contributed by atoms with Gasteiger partial charge in [-0.15, -0.1) is 0 Å². The SMILES string of the molecule is O=C1CC(CBr)CN1c1cccc(N2CCCC2)c1.